The number of rotatable bonds is 8. The molecule has 3 aromatic rings. The Morgan fingerprint density at radius 2 is 1.97 bits per heavy atom. The SMILES string of the molecule is COc1ccc(/C=N\NC(=O)c2ccccn2)cc1OCc1ccc([N+](=O)[O-])cc1. The van der Waals surface area contributed by atoms with E-state index in [9.17, 15) is 14.9 Å². The first-order valence-corrected chi connectivity index (χ1v) is 8.85. The zero-order valence-electron chi connectivity index (χ0n) is 16.0. The van der Waals surface area contributed by atoms with E-state index >= 15 is 0 Å². The summed E-state index contributed by atoms with van der Waals surface area (Å²) in [5.74, 6) is 0.567. The summed E-state index contributed by atoms with van der Waals surface area (Å²) in [6.45, 7) is 0.200. The molecule has 0 spiro atoms. The second-order valence-corrected chi connectivity index (χ2v) is 6.04. The molecule has 0 aliphatic heterocycles. The maximum Gasteiger partial charge on any atom is 0.289 e. The van der Waals surface area contributed by atoms with E-state index in [1.807, 2.05) is 0 Å². The van der Waals surface area contributed by atoms with E-state index in [0.29, 0.717) is 17.1 Å². The molecule has 9 heteroatoms. The van der Waals surface area contributed by atoms with Crippen LogP contribution in [-0.2, 0) is 6.61 Å². The van der Waals surface area contributed by atoms with Crippen molar-refractivity contribution in [3.63, 3.8) is 0 Å². The molecule has 0 aliphatic carbocycles. The van der Waals surface area contributed by atoms with Gasteiger partial charge in [0.1, 0.15) is 12.3 Å². The molecule has 0 saturated carbocycles. The largest absolute Gasteiger partial charge is 0.493 e. The van der Waals surface area contributed by atoms with Crippen LogP contribution in [0.15, 0.2) is 72.0 Å². The predicted octanol–water partition coefficient (Wildman–Crippen LogP) is 3.34. The molecule has 30 heavy (non-hydrogen) atoms. The zero-order chi connectivity index (χ0) is 21.3. The van der Waals surface area contributed by atoms with Crippen molar-refractivity contribution in [3.05, 3.63) is 93.8 Å². The number of nitro benzene ring substituents is 1. The number of benzene rings is 2. The fourth-order valence-electron chi connectivity index (χ4n) is 2.48. The maximum atomic E-state index is 12.0. The van der Waals surface area contributed by atoms with Crippen LogP contribution in [0.3, 0.4) is 0 Å². The molecule has 0 bridgehead atoms. The zero-order valence-corrected chi connectivity index (χ0v) is 16.0. The average molecular weight is 406 g/mol. The van der Waals surface area contributed by atoms with Gasteiger partial charge < -0.3 is 9.47 Å². The molecule has 2 aromatic carbocycles. The Kier molecular flexibility index (Phi) is 6.67. The van der Waals surface area contributed by atoms with E-state index < -0.39 is 10.8 Å². The minimum Gasteiger partial charge on any atom is -0.493 e. The number of nitrogens with zero attached hydrogens (tertiary/aromatic N) is 3. The highest BCUT2D eigenvalue weighted by molar-refractivity contribution is 5.93. The lowest BCUT2D eigenvalue weighted by Crippen LogP contribution is -2.18. The maximum absolute atomic E-state index is 12.0. The van der Waals surface area contributed by atoms with E-state index in [4.69, 9.17) is 9.47 Å². The van der Waals surface area contributed by atoms with Gasteiger partial charge in [0.2, 0.25) is 0 Å². The molecule has 0 fully saturated rings. The Hall–Kier alpha value is -4.27. The second-order valence-electron chi connectivity index (χ2n) is 6.04. The summed E-state index contributed by atoms with van der Waals surface area (Å²) in [6, 6.07) is 16.3. The standard InChI is InChI=1S/C21H18N4O5/c1-29-19-10-7-16(13-23-24-21(26)18-4-2-3-11-22-18)12-20(19)30-14-15-5-8-17(9-6-15)25(27)28/h2-13H,14H2,1H3,(H,24,26)/b23-13-. The molecule has 152 valence electrons. The van der Waals surface area contributed by atoms with Crippen molar-refractivity contribution in [2.75, 3.05) is 7.11 Å². The van der Waals surface area contributed by atoms with E-state index in [-0.39, 0.29) is 18.0 Å². The molecule has 0 radical (unpaired) electrons. The second kappa shape index (κ2) is 9.78. The van der Waals surface area contributed by atoms with Gasteiger partial charge in [0.15, 0.2) is 11.5 Å². The molecule has 0 saturated heterocycles. The van der Waals surface area contributed by atoms with Crippen molar-refractivity contribution >= 4 is 17.8 Å². The fraction of sp³-hybridized carbons (Fsp3) is 0.0952. The van der Waals surface area contributed by atoms with Crippen molar-refractivity contribution in [2.24, 2.45) is 5.10 Å². The molecule has 0 atom stereocenters. The Labute approximate surface area is 172 Å². The smallest absolute Gasteiger partial charge is 0.289 e. The number of carbonyl (C=O) groups excluding carboxylic acids is 1. The number of ether oxygens (including phenoxy) is 2. The topological polar surface area (TPSA) is 116 Å². The molecule has 1 aromatic heterocycles. The van der Waals surface area contributed by atoms with Gasteiger partial charge in [-0.15, -0.1) is 0 Å². The van der Waals surface area contributed by atoms with Crippen LogP contribution in [0.25, 0.3) is 0 Å². The lowest BCUT2D eigenvalue weighted by molar-refractivity contribution is -0.384. The van der Waals surface area contributed by atoms with Gasteiger partial charge in [0, 0.05) is 18.3 Å². The van der Waals surface area contributed by atoms with Gasteiger partial charge in [-0.3, -0.25) is 19.9 Å². The number of non-ortho nitro benzene ring substituents is 1. The number of pyridine rings is 1. The summed E-state index contributed by atoms with van der Waals surface area (Å²) in [6.07, 6.45) is 3.00. The minimum atomic E-state index is -0.455. The quantitative estimate of drug-likeness (QED) is 0.348. The highest BCUT2D eigenvalue weighted by Crippen LogP contribution is 2.28. The number of hydrogen-bond acceptors (Lipinski definition) is 7. The number of carbonyl (C=O) groups is 1. The number of nitrogens with one attached hydrogen (secondary N) is 1. The molecular formula is C21H18N4O5. The predicted molar refractivity (Wildman–Crippen MR) is 110 cm³/mol. The molecular weight excluding hydrogens is 388 g/mol. The summed E-state index contributed by atoms with van der Waals surface area (Å²) in [4.78, 5) is 26.2. The normalized spacial score (nSPS) is 10.6. The summed E-state index contributed by atoms with van der Waals surface area (Å²) in [7, 11) is 1.52. The van der Waals surface area contributed by atoms with Crippen molar-refractivity contribution in [2.45, 2.75) is 6.61 Å². The van der Waals surface area contributed by atoms with Gasteiger partial charge in [0.25, 0.3) is 11.6 Å². The third-order valence-electron chi connectivity index (χ3n) is 4.01. The number of methoxy groups -OCH3 is 1. The van der Waals surface area contributed by atoms with E-state index in [2.05, 4.69) is 15.5 Å². The van der Waals surface area contributed by atoms with Crippen molar-refractivity contribution in [3.8, 4) is 11.5 Å². The van der Waals surface area contributed by atoms with Crippen LogP contribution >= 0.6 is 0 Å². The van der Waals surface area contributed by atoms with Gasteiger partial charge in [-0.1, -0.05) is 6.07 Å². The van der Waals surface area contributed by atoms with Crippen molar-refractivity contribution in [1.29, 1.82) is 0 Å². The molecule has 1 heterocycles. The van der Waals surface area contributed by atoms with Crippen LogP contribution in [0.2, 0.25) is 0 Å². The van der Waals surface area contributed by atoms with Gasteiger partial charge in [0.05, 0.1) is 18.2 Å². The van der Waals surface area contributed by atoms with Crippen LogP contribution < -0.4 is 14.9 Å². The van der Waals surface area contributed by atoms with Gasteiger partial charge in [-0.25, -0.2) is 5.43 Å². The number of nitro groups is 1. The monoisotopic (exact) mass is 406 g/mol. The first kappa shape index (κ1) is 20.5. The van der Waals surface area contributed by atoms with Crippen LogP contribution in [0.4, 0.5) is 5.69 Å². The first-order valence-electron chi connectivity index (χ1n) is 8.85. The van der Waals surface area contributed by atoms with Crippen molar-refractivity contribution in [1.82, 2.24) is 10.4 Å². The number of aromatic nitrogens is 1. The summed E-state index contributed by atoms with van der Waals surface area (Å²) in [5, 5.41) is 14.7. The van der Waals surface area contributed by atoms with E-state index in [1.165, 1.54) is 31.7 Å². The average Bonchev–Trinajstić information content (AvgIpc) is 2.78. The Balaban J connectivity index is 1.65. The number of amides is 1. The van der Waals surface area contributed by atoms with Crippen LogP contribution in [0.5, 0.6) is 11.5 Å². The summed E-state index contributed by atoms with van der Waals surface area (Å²) in [5.41, 5.74) is 4.13. The molecule has 0 unspecified atom stereocenters. The molecule has 3 rings (SSSR count). The number of hydrazone groups is 1. The highest BCUT2D eigenvalue weighted by Gasteiger charge is 2.08. The lowest BCUT2D eigenvalue weighted by Gasteiger charge is -2.11. The molecule has 9 nitrogen and oxygen atoms in total. The Bertz CT molecular complexity index is 1050. The molecule has 1 N–H and O–H groups in total. The van der Waals surface area contributed by atoms with Crippen LogP contribution in [0.1, 0.15) is 21.6 Å². The Morgan fingerprint density at radius 3 is 2.63 bits per heavy atom. The fourth-order valence-corrected chi connectivity index (χ4v) is 2.48. The molecule has 1 amide bonds. The van der Waals surface area contributed by atoms with Gasteiger partial charge in [-0.05, 0) is 53.6 Å². The van der Waals surface area contributed by atoms with Gasteiger partial charge >= 0.3 is 0 Å². The van der Waals surface area contributed by atoms with E-state index in [1.54, 1.807) is 48.5 Å². The third kappa shape index (κ3) is 5.38. The minimum absolute atomic E-state index is 0.0160. The van der Waals surface area contributed by atoms with Gasteiger partial charge in [-0.2, -0.15) is 5.10 Å². The highest BCUT2D eigenvalue weighted by atomic mass is 16.6. The van der Waals surface area contributed by atoms with E-state index in [0.717, 1.165) is 5.56 Å². The lowest BCUT2D eigenvalue weighted by atomic mass is 10.2. The van der Waals surface area contributed by atoms with Crippen LogP contribution in [0, 0.1) is 10.1 Å². The number of hydrogen-bond donors (Lipinski definition) is 1. The van der Waals surface area contributed by atoms with Crippen molar-refractivity contribution < 1.29 is 19.2 Å². The summed E-state index contributed by atoms with van der Waals surface area (Å²) < 4.78 is 11.1. The third-order valence-corrected chi connectivity index (χ3v) is 4.01. The van der Waals surface area contributed by atoms with Crippen LogP contribution in [-0.4, -0.2) is 29.1 Å². The molecule has 0 aliphatic rings. The Morgan fingerprint density at radius 1 is 1.17 bits per heavy atom. The first-order chi connectivity index (χ1) is 14.6. The summed E-state index contributed by atoms with van der Waals surface area (Å²) >= 11 is 0.